The van der Waals surface area contributed by atoms with E-state index in [9.17, 15) is 14.7 Å². The summed E-state index contributed by atoms with van der Waals surface area (Å²) in [5.74, 6) is 0.722. The number of hydrogen-bond donors (Lipinski definition) is 1. The number of carboxylic acid groups (broad SMARTS) is 1. The monoisotopic (exact) mass is 525 g/mol. The van der Waals surface area contributed by atoms with Crippen molar-refractivity contribution in [1.29, 1.82) is 0 Å². The number of thiazole rings is 1. The number of carbonyl (C=O) groups is 2. The molecule has 1 saturated heterocycles. The fourth-order valence-corrected chi connectivity index (χ4v) is 5.46. The van der Waals surface area contributed by atoms with Crippen molar-refractivity contribution >= 4 is 34.3 Å². The number of hydrogen-bond acceptors (Lipinski definition) is 8. The zero-order chi connectivity index (χ0) is 26.5. The Morgan fingerprint density at radius 1 is 1.16 bits per heavy atom. The van der Waals surface area contributed by atoms with Crippen LogP contribution in [0.5, 0.6) is 11.5 Å². The summed E-state index contributed by atoms with van der Waals surface area (Å²) in [6.07, 6.45) is 1.28. The molecule has 1 saturated carbocycles. The van der Waals surface area contributed by atoms with Gasteiger partial charge in [-0.05, 0) is 52.7 Å². The van der Waals surface area contributed by atoms with Crippen molar-refractivity contribution < 1.29 is 28.9 Å². The summed E-state index contributed by atoms with van der Waals surface area (Å²) in [6.45, 7) is 7.29. The summed E-state index contributed by atoms with van der Waals surface area (Å²) in [4.78, 5) is 35.7. The Hall–Kier alpha value is -3.40. The van der Waals surface area contributed by atoms with Gasteiger partial charge in [-0.25, -0.2) is 19.6 Å². The molecule has 1 aliphatic carbocycles. The second-order valence-electron chi connectivity index (χ2n) is 10.6. The van der Waals surface area contributed by atoms with E-state index in [4.69, 9.17) is 24.2 Å². The Morgan fingerprint density at radius 2 is 1.92 bits per heavy atom. The number of carbonyl (C=O) groups excluding carboxylic acids is 1. The first-order valence-electron chi connectivity index (χ1n) is 12.4. The first-order chi connectivity index (χ1) is 17.5. The molecule has 0 spiro atoms. The van der Waals surface area contributed by atoms with E-state index in [1.54, 1.807) is 39.2 Å². The van der Waals surface area contributed by atoms with E-state index in [0.717, 1.165) is 27.2 Å². The maximum Gasteiger partial charge on any atom is 0.411 e. The molecule has 1 unspecified atom stereocenters. The first kappa shape index (κ1) is 25.3. The number of aryl methyl sites for hydroxylation is 1. The number of likely N-dealkylation sites (tertiary alicyclic amines) is 1. The molecule has 0 bridgehead atoms. The van der Waals surface area contributed by atoms with Crippen LogP contribution in [0, 0.1) is 6.92 Å². The van der Waals surface area contributed by atoms with Gasteiger partial charge in [0, 0.05) is 34.7 Å². The Bertz CT molecular complexity index is 1360. The summed E-state index contributed by atoms with van der Waals surface area (Å²) in [5.41, 5.74) is 2.65. The van der Waals surface area contributed by atoms with Crippen LogP contribution >= 0.6 is 11.3 Å². The Labute approximate surface area is 219 Å². The van der Waals surface area contributed by atoms with Gasteiger partial charge in [-0.1, -0.05) is 0 Å². The molecule has 2 atom stereocenters. The van der Waals surface area contributed by atoms with Crippen molar-refractivity contribution in [2.24, 2.45) is 0 Å². The first-order valence-corrected chi connectivity index (χ1v) is 13.2. The van der Waals surface area contributed by atoms with E-state index in [0.29, 0.717) is 23.1 Å². The number of aliphatic carboxylic acids is 1. The second kappa shape index (κ2) is 9.48. The van der Waals surface area contributed by atoms with Crippen LogP contribution in [0.4, 0.5) is 4.79 Å². The number of rotatable bonds is 6. The number of pyridine rings is 1. The van der Waals surface area contributed by atoms with Crippen LogP contribution in [0.25, 0.3) is 21.6 Å². The number of carboxylic acids is 1. The molecular weight excluding hydrogens is 494 g/mol. The third-order valence-electron chi connectivity index (χ3n) is 6.57. The number of methoxy groups -OCH3 is 1. The van der Waals surface area contributed by atoms with E-state index in [2.05, 4.69) is 5.38 Å². The van der Waals surface area contributed by atoms with Crippen molar-refractivity contribution in [2.75, 3.05) is 13.7 Å². The normalized spacial score (nSPS) is 19.8. The Morgan fingerprint density at radius 3 is 2.57 bits per heavy atom. The molecule has 1 aliphatic heterocycles. The van der Waals surface area contributed by atoms with Crippen LogP contribution in [0.1, 0.15) is 57.2 Å². The molecule has 3 heterocycles. The van der Waals surface area contributed by atoms with E-state index in [-0.39, 0.29) is 13.0 Å². The van der Waals surface area contributed by atoms with Gasteiger partial charge < -0.3 is 19.3 Å². The van der Waals surface area contributed by atoms with Crippen molar-refractivity contribution in [3.05, 3.63) is 34.8 Å². The summed E-state index contributed by atoms with van der Waals surface area (Å²) in [7, 11) is 1.62. The van der Waals surface area contributed by atoms with E-state index >= 15 is 0 Å². The maximum atomic E-state index is 12.8. The molecule has 1 N–H and O–H groups in total. The van der Waals surface area contributed by atoms with Gasteiger partial charge in [0.2, 0.25) is 0 Å². The Kier molecular flexibility index (Phi) is 6.47. The number of amides is 1. The highest BCUT2D eigenvalue weighted by atomic mass is 32.1. The number of ether oxygens (including phenoxy) is 3. The van der Waals surface area contributed by atoms with Gasteiger partial charge >= 0.3 is 12.1 Å². The van der Waals surface area contributed by atoms with Gasteiger partial charge in [-0.15, -0.1) is 11.3 Å². The van der Waals surface area contributed by atoms with E-state index in [1.165, 1.54) is 17.7 Å². The summed E-state index contributed by atoms with van der Waals surface area (Å²) < 4.78 is 17.4. The van der Waals surface area contributed by atoms with Crippen LogP contribution in [0.3, 0.4) is 0 Å². The molecule has 1 amide bonds. The third kappa shape index (κ3) is 5.20. The lowest BCUT2D eigenvalue weighted by atomic mass is 10.1. The van der Waals surface area contributed by atoms with E-state index in [1.807, 2.05) is 25.1 Å². The quantitative estimate of drug-likeness (QED) is 0.456. The van der Waals surface area contributed by atoms with Crippen LogP contribution in [0.2, 0.25) is 0 Å². The third-order valence-corrected chi connectivity index (χ3v) is 7.46. The molecule has 2 fully saturated rings. The average molecular weight is 526 g/mol. The van der Waals surface area contributed by atoms with Gasteiger partial charge in [0.05, 0.1) is 24.9 Å². The number of nitrogens with zero attached hydrogens (tertiary/aromatic N) is 3. The number of aromatic nitrogens is 2. The minimum absolute atomic E-state index is 0.100. The average Bonchev–Trinajstić information content (AvgIpc) is 3.39. The molecule has 9 nitrogen and oxygen atoms in total. The predicted molar refractivity (Wildman–Crippen MR) is 140 cm³/mol. The molecule has 10 heteroatoms. The molecule has 5 rings (SSSR count). The van der Waals surface area contributed by atoms with Gasteiger partial charge in [-0.3, -0.25) is 4.90 Å². The highest BCUT2D eigenvalue weighted by molar-refractivity contribution is 7.13. The van der Waals surface area contributed by atoms with Crippen LogP contribution in [0.15, 0.2) is 23.6 Å². The van der Waals surface area contributed by atoms with Gasteiger partial charge in [0.15, 0.2) is 0 Å². The minimum atomic E-state index is -1.09. The standard InChI is InChI=1S/C27H31N3O6S/c1-14-21(34-5)9-8-17-22(11-18(28-23(14)17)24-29-19(13-37-24)15-6-7-15)35-16-10-20(25(31)32)30(12-16)26(33)36-27(2,3)4/h8-9,11,13,15-16,20H,6-7,10,12H2,1-5H3,(H,31,32)/t16?,20-/m0/s1. The number of fused-ring (bicyclic) bond motifs is 1. The number of benzene rings is 1. The fraction of sp³-hybridized carbons (Fsp3) is 0.481. The van der Waals surface area contributed by atoms with Crippen molar-refractivity contribution in [2.45, 2.75) is 70.6 Å². The maximum absolute atomic E-state index is 12.8. The Balaban J connectivity index is 1.50. The zero-order valence-electron chi connectivity index (χ0n) is 21.6. The van der Waals surface area contributed by atoms with Gasteiger partial charge in [0.25, 0.3) is 0 Å². The van der Waals surface area contributed by atoms with Crippen LogP contribution in [-0.4, -0.2) is 63.4 Å². The minimum Gasteiger partial charge on any atom is -0.496 e. The van der Waals surface area contributed by atoms with Crippen LogP contribution < -0.4 is 9.47 Å². The molecule has 0 radical (unpaired) electrons. The lowest BCUT2D eigenvalue weighted by molar-refractivity contribution is -0.142. The molecular formula is C27H31N3O6S. The van der Waals surface area contributed by atoms with Crippen molar-refractivity contribution in [3.8, 4) is 22.2 Å². The summed E-state index contributed by atoms with van der Waals surface area (Å²) >= 11 is 1.55. The lowest BCUT2D eigenvalue weighted by Gasteiger charge is -2.26. The predicted octanol–water partition coefficient (Wildman–Crippen LogP) is 5.39. The topological polar surface area (TPSA) is 111 Å². The molecule has 37 heavy (non-hydrogen) atoms. The van der Waals surface area contributed by atoms with Gasteiger partial charge in [0.1, 0.15) is 39.9 Å². The molecule has 3 aromatic rings. The second-order valence-corrected chi connectivity index (χ2v) is 11.5. The highest BCUT2D eigenvalue weighted by Gasteiger charge is 2.43. The highest BCUT2D eigenvalue weighted by Crippen LogP contribution is 2.42. The molecule has 2 aromatic heterocycles. The molecule has 2 aliphatic rings. The smallest absolute Gasteiger partial charge is 0.411 e. The summed E-state index contributed by atoms with van der Waals surface area (Å²) in [6, 6.07) is 4.58. The largest absolute Gasteiger partial charge is 0.496 e. The molecule has 196 valence electrons. The van der Waals surface area contributed by atoms with E-state index < -0.39 is 29.8 Å². The fourth-order valence-electron chi connectivity index (χ4n) is 4.60. The lowest BCUT2D eigenvalue weighted by Crippen LogP contribution is -2.43. The van der Waals surface area contributed by atoms with Crippen LogP contribution in [-0.2, 0) is 9.53 Å². The van der Waals surface area contributed by atoms with Gasteiger partial charge in [-0.2, -0.15) is 0 Å². The summed E-state index contributed by atoms with van der Waals surface area (Å²) in [5, 5.41) is 13.5. The van der Waals surface area contributed by atoms with Crippen molar-refractivity contribution in [3.63, 3.8) is 0 Å². The SMILES string of the molecule is COc1ccc2c(OC3C[C@@H](C(=O)O)N(C(=O)OC(C)(C)C)C3)cc(-c3nc(C4CC4)cs3)nc2c1C. The molecule has 1 aromatic carbocycles. The van der Waals surface area contributed by atoms with Crippen molar-refractivity contribution in [1.82, 2.24) is 14.9 Å². The zero-order valence-corrected chi connectivity index (χ0v) is 22.4.